The van der Waals surface area contributed by atoms with E-state index in [1.54, 1.807) is 0 Å². The minimum Gasteiger partial charge on any atom is -0.494 e. The zero-order chi connectivity index (χ0) is 19.4. The van der Waals surface area contributed by atoms with E-state index in [-0.39, 0.29) is 11.8 Å². The van der Waals surface area contributed by atoms with E-state index >= 15 is 0 Å². The molecule has 0 saturated heterocycles. The number of hydrogen-bond donors (Lipinski definition) is 0. The highest BCUT2D eigenvalue weighted by Gasteiger charge is 2.27. The number of carbonyl (C=O) groups is 1. The molecule has 0 bridgehead atoms. The second-order valence-electron chi connectivity index (χ2n) is 7.52. The van der Waals surface area contributed by atoms with Crippen molar-refractivity contribution in [2.75, 3.05) is 14.2 Å². The minimum atomic E-state index is -0.315. The van der Waals surface area contributed by atoms with Gasteiger partial charge >= 0.3 is 5.97 Å². The average molecular weight is 370 g/mol. The maximum Gasteiger partial charge on any atom is 0.337 e. The Morgan fingerprint density at radius 2 is 1.89 bits per heavy atom. The molecular weight excluding hydrogens is 343 g/mol. The van der Waals surface area contributed by atoms with E-state index < -0.39 is 0 Å². The number of benzene rings is 2. The maximum atomic E-state index is 13.6. The second-order valence-corrected chi connectivity index (χ2v) is 7.52. The standard InChI is InChI=1S/C23H27FO3/c1-15(19-10-11-21(24)22(14-19)26-2)12-16-4-5-20(13-16)17-6-8-18(9-7-17)23(25)27-3/h6-11,14-16,20H,4-5,12-13H2,1-3H3/t15-,16+,20+/m0/s1. The first-order valence-electron chi connectivity index (χ1n) is 9.53. The predicted octanol–water partition coefficient (Wildman–Crippen LogP) is 5.70. The number of halogens is 1. The molecule has 0 aliphatic heterocycles. The molecule has 0 radical (unpaired) electrons. The topological polar surface area (TPSA) is 35.5 Å². The van der Waals surface area contributed by atoms with Crippen LogP contribution in [0.1, 0.15) is 65.9 Å². The number of rotatable bonds is 6. The summed E-state index contributed by atoms with van der Waals surface area (Å²) in [6, 6.07) is 13.0. The highest BCUT2D eigenvalue weighted by atomic mass is 19.1. The van der Waals surface area contributed by atoms with Crippen molar-refractivity contribution >= 4 is 5.97 Å². The van der Waals surface area contributed by atoms with Gasteiger partial charge in [0.05, 0.1) is 19.8 Å². The molecule has 2 aromatic carbocycles. The van der Waals surface area contributed by atoms with Crippen LogP contribution in [0.15, 0.2) is 42.5 Å². The van der Waals surface area contributed by atoms with E-state index in [0.29, 0.717) is 29.1 Å². The molecule has 3 atom stereocenters. The molecule has 3 nitrogen and oxygen atoms in total. The molecule has 1 aliphatic carbocycles. The fraction of sp³-hybridized carbons (Fsp3) is 0.435. The first kappa shape index (κ1) is 19.4. The zero-order valence-electron chi connectivity index (χ0n) is 16.2. The lowest BCUT2D eigenvalue weighted by atomic mass is 9.88. The molecule has 3 rings (SSSR count). The van der Waals surface area contributed by atoms with E-state index in [0.717, 1.165) is 18.4 Å². The Bertz CT molecular complexity index is 785. The van der Waals surface area contributed by atoms with Crippen molar-refractivity contribution in [3.63, 3.8) is 0 Å². The number of ether oxygens (including phenoxy) is 2. The van der Waals surface area contributed by atoms with Crippen LogP contribution in [0.3, 0.4) is 0 Å². The molecule has 4 heteroatoms. The van der Waals surface area contributed by atoms with Gasteiger partial charge in [0.1, 0.15) is 0 Å². The summed E-state index contributed by atoms with van der Waals surface area (Å²) in [7, 11) is 2.90. The quantitative estimate of drug-likeness (QED) is 0.612. The molecule has 0 spiro atoms. The number of esters is 1. The van der Waals surface area contributed by atoms with Crippen molar-refractivity contribution in [2.45, 2.75) is 44.4 Å². The molecule has 0 N–H and O–H groups in total. The van der Waals surface area contributed by atoms with Crippen molar-refractivity contribution in [1.29, 1.82) is 0 Å². The Labute approximate surface area is 160 Å². The molecule has 2 aromatic rings. The van der Waals surface area contributed by atoms with Gasteiger partial charge in [-0.1, -0.05) is 25.1 Å². The summed E-state index contributed by atoms with van der Waals surface area (Å²) < 4.78 is 23.5. The Morgan fingerprint density at radius 3 is 2.56 bits per heavy atom. The molecule has 0 unspecified atom stereocenters. The summed E-state index contributed by atoms with van der Waals surface area (Å²) in [4.78, 5) is 11.6. The lowest BCUT2D eigenvalue weighted by Crippen LogP contribution is -2.04. The first-order valence-corrected chi connectivity index (χ1v) is 9.53. The molecule has 1 aliphatic rings. The van der Waals surface area contributed by atoms with E-state index in [1.165, 1.54) is 38.7 Å². The zero-order valence-corrected chi connectivity index (χ0v) is 16.2. The lowest BCUT2D eigenvalue weighted by Gasteiger charge is -2.18. The van der Waals surface area contributed by atoms with Crippen LogP contribution in [-0.2, 0) is 4.74 Å². The van der Waals surface area contributed by atoms with Gasteiger partial charge in [0.15, 0.2) is 11.6 Å². The Morgan fingerprint density at radius 1 is 1.15 bits per heavy atom. The van der Waals surface area contributed by atoms with Gasteiger partial charge in [-0.25, -0.2) is 9.18 Å². The van der Waals surface area contributed by atoms with E-state index in [4.69, 9.17) is 9.47 Å². The van der Waals surface area contributed by atoms with Gasteiger partial charge < -0.3 is 9.47 Å². The number of carbonyl (C=O) groups excluding carboxylic acids is 1. The summed E-state index contributed by atoms with van der Waals surface area (Å²) in [5, 5.41) is 0. The van der Waals surface area contributed by atoms with Crippen LogP contribution in [0.25, 0.3) is 0 Å². The van der Waals surface area contributed by atoms with Gasteiger partial charge in [-0.15, -0.1) is 0 Å². The molecule has 0 heterocycles. The molecule has 1 fully saturated rings. The Hall–Kier alpha value is -2.36. The normalized spacial score (nSPS) is 20.3. The van der Waals surface area contributed by atoms with Crippen molar-refractivity contribution in [1.82, 2.24) is 0 Å². The monoisotopic (exact) mass is 370 g/mol. The first-order chi connectivity index (χ1) is 13.0. The SMILES string of the molecule is COC(=O)c1ccc([C@@H]2CC[C@H](C[C@H](C)c3ccc(F)c(OC)c3)C2)cc1. The Kier molecular flexibility index (Phi) is 6.15. The third kappa shape index (κ3) is 4.49. The predicted molar refractivity (Wildman–Crippen MR) is 104 cm³/mol. The van der Waals surface area contributed by atoms with Crippen molar-refractivity contribution in [3.05, 3.63) is 65.0 Å². The van der Waals surface area contributed by atoms with Crippen LogP contribution < -0.4 is 4.74 Å². The van der Waals surface area contributed by atoms with Crippen LogP contribution in [0.5, 0.6) is 5.75 Å². The van der Waals surface area contributed by atoms with Gasteiger partial charge in [0, 0.05) is 0 Å². The van der Waals surface area contributed by atoms with Crippen molar-refractivity contribution in [3.8, 4) is 5.75 Å². The summed E-state index contributed by atoms with van der Waals surface area (Å²) in [6.07, 6.45) is 4.61. The van der Waals surface area contributed by atoms with Gasteiger partial charge in [-0.05, 0) is 78.8 Å². The van der Waals surface area contributed by atoms with Crippen LogP contribution >= 0.6 is 0 Å². The second kappa shape index (κ2) is 8.55. The number of methoxy groups -OCH3 is 2. The van der Waals surface area contributed by atoms with Gasteiger partial charge in [0.2, 0.25) is 0 Å². The van der Waals surface area contributed by atoms with E-state index in [9.17, 15) is 9.18 Å². The molecular formula is C23H27FO3. The van der Waals surface area contributed by atoms with Crippen LogP contribution in [0.4, 0.5) is 4.39 Å². The molecule has 27 heavy (non-hydrogen) atoms. The van der Waals surface area contributed by atoms with Crippen LogP contribution in [0.2, 0.25) is 0 Å². The van der Waals surface area contributed by atoms with E-state index in [2.05, 4.69) is 6.92 Å². The summed E-state index contributed by atoms with van der Waals surface area (Å²) in [5.74, 6) is 1.26. The van der Waals surface area contributed by atoms with Crippen molar-refractivity contribution < 1.29 is 18.7 Å². The summed E-state index contributed by atoms with van der Waals surface area (Å²) >= 11 is 0. The third-order valence-corrected chi connectivity index (χ3v) is 5.78. The molecule has 0 amide bonds. The summed E-state index contributed by atoms with van der Waals surface area (Å²) in [6.45, 7) is 2.20. The maximum absolute atomic E-state index is 13.6. The molecule has 1 saturated carbocycles. The largest absolute Gasteiger partial charge is 0.494 e. The van der Waals surface area contributed by atoms with Crippen LogP contribution in [0, 0.1) is 11.7 Å². The fourth-order valence-electron chi connectivity index (χ4n) is 4.22. The molecule has 0 aromatic heterocycles. The van der Waals surface area contributed by atoms with Gasteiger partial charge in [-0.2, -0.15) is 0 Å². The van der Waals surface area contributed by atoms with E-state index in [1.807, 2.05) is 36.4 Å². The lowest BCUT2D eigenvalue weighted by molar-refractivity contribution is 0.0600. The summed E-state index contributed by atoms with van der Waals surface area (Å²) in [5.41, 5.74) is 3.01. The fourth-order valence-corrected chi connectivity index (χ4v) is 4.22. The third-order valence-electron chi connectivity index (χ3n) is 5.78. The smallest absolute Gasteiger partial charge is 0.337 e. The van der Waals surface area contributed by atoms with Gasteiger partial charge in [-0.3, -0.25) is 0 Å². The minimum absolute atomic E-state index is 0.297. The number of hydrogen-bond acceptors (Lipinski definition) is 3. The average Bonchev–Trinajstić information content (AvgIpc) is 3.16. The highest BCUT2D eigenvalue weighted by molar-refractivity contribution is 5.89. The van der Waals surface area contributed by atoms with Gasteiger partial charge in [0.25, 0.3) is 0 Å². The molecule has 144 valence electrons. The van der Waals surface area contributed by atoms with Crippen molar-refractivity contribution in [2.24, 2.45) is 5.92 Å². The highest BCUT2D eigenvalue weighted by Crippen LogP contribution is 2.42. The Balaban J connectivity index is 1.60. The van der Waals surface area contributed by atoms with Crippen LogP contribution in [-0.4, -0.2) is 20.2 Å².